The van der Waals surface area contributed by atoms with E-state index in [0.717, 1.165) is 68.5 Å². The first-order valence-corrected chi connectivity index (χ1v) is 10.5. The minimum absolute atomic E-state index is 0.0298. The van der Waals surface area contributed by atoms with Crippen LogP contribution in [-0.2, 0) is 19.5 Å². The molecule has 5 rings (SSSR count). The first-order valence-electron chi connectivity index (χ1n) is 10.5. The highest BCUT2D eigenvalue weighted by Gasteiger charge is 2.22. The van der Waals surface area contributed by atoms with Crippen molar-refractivity contribution in [1.82, 2.24) is 29.2 Å². The Kier molecular flexibility index (Phi) is 4.58. The van der Waals surface area contributed by atoms with E-state index in [2.05, 4.69) is 35.6 Å². The molecule has 152 valence electrons. The van der Waals surface area contributed by atoms with Gasteiger partial charge in [-0.1, -0.05) is 0 Å². The lowest BCUT2D eigenvalue weighted by Gasteiger charge is -2.35. The van der Waals surface area contributed by atoms with Crippen LogP contribution in [0, 0.1) is 0 Å². The number of aromatic nitrogens is 5. The average molecular weight is 393 g/mol. The predicted molar refractivity (Wildman–Crippen MR) is 112 cm³/mol. The molecule has 0 N–H and O–H groups in total. The zero-order valence-corrected chi connectivity index (χ0v) is 17.1. The van der Waals surface area contributed by atoms with Gasteiger partial charge in [0, 0.05) is 50.9 Å². The molecule has 0 unspecified atom stereocenters. The lowest BCUT2D eigenvalue weighted by molar-refractivity contribution is 0.240. The summed E-state index contributed by atoms with van der Waals surface area (Å²) in [5.41, 5.74) is 1.93. The molecule has 0 saturated carbocycles. The molecule has 0 aliphatic carbocycles. The molecule has 8 heteroatoms. The quantitative estimate of drug-likeness (QED) is 0.674. The van der Waals surface area contributed by atoms with Gasteiger partial charge < -0.3 is 9.47 Å². The second-order valence-corrected chi connectivity index (χ2v) is 8.30. The van der Waals surface area contributed by atoms with Crippen molar-refractivity contribution in [2.24, 2.45) is 0 Å². The van der Waals surface area contributed by atoms with E-state index in [9.17, 15) is 4.79 Å². The Labute approximate surface area is 169 Å². The van der Waals surface area contributed by atoms with E-state index in [0.29, 0.717) is 5.39 Å². The highest BCUT2D eigenvalue weighted by atomic mass is 16.1. The van der Waals surface area contributed by atoms with Crippen LogP contribution in [0.3, 0.4) is 0 Å². The predicted octanol–water partition coefficient (Wildman–Crippen LogP) is 1.84. The maximum absolute atomic E-state index is 12.6. The van der Waals surface area contributed by atoms with Crippen LogP contribution >= 0.6 is 0 Å². The first-order chi connectivity index (χ1) is 14.1. The van der Waals surface area contributed by atoms with Gasteiger partial charge in [-0.2, -0.15) is 0 Å². The number of aryl methyl sites for hydroxylation is 1. The third kappa shape index (κ3) is 3.31. The molecule has 2 aliphatic heterocycles. The van der Waals surface area contributed by atoms with Gasteiger partial charge in [0.15, 0.2) is 0 Å². The largest absolute Gasteiger partial charge is 0.369 e. The van der Waals surface area contributed by atoms with Crippen molar-refractivity contribution in [2.45, 2.75) is 45.8 Å². The van der Waals surface area contributed by atoms with Gasteiger partial charge in [0.1, 0.15) is 11.6 Å². The number of piperazine rings is 1. The van der Waals surface area contributed by atoms with Crippen LogP contribution in [0.15, 0.2) is 29.3 Å². The van der Waals surface area contributed by atoms with Gasteiger partial charge in [-0.15, -0.1) is 10.2 Å². The maximum Gasteiger partial charge on any atom is 0.261 e. The number of benzene rings is 1. The molecule has 29 heavy (non-hydrogen) atoms. The van der Waals surface area contributed by atoms with Crippen LogP contribution in [0.1, 0.15) is 38.0 Å². The SMILES string of the molecule is CC(C)n1cnc2cc(N3CCN(Cc4nnc5n4CCC5)CC3)ccc2c1=O. The molecule has 1 aromatic carbocycles. The second-order valence-electron chi connectivity index (χ2n) is 8.30. The number of hydrogen-bond donors (Lipinski definition) is 0. The number of rotatable bonds is 4. The molecule has 3 aromatic rings. The fourth-order valence-corrected chi connectivity index (χ4v) is 4.38. The van der Waals surface area contributed by atoms with E-state index in [1.165, 1.54) is 6.42 Å². The second kappa shape index (κ2) is 7.26. The summed E-state index contributed by atoms with van der Waals surface area (Å²) >= 11 is 0. The molecule has 0 amide bonds. The molecule has 2 aromatic heterocycles. The van der Waals surface area contributed by atoms with Gasteiger partial charge in [0.05, 0.1) is 23.8 Å². The van der Waals surface area contributed by atoms with Crippen molar-refractivity contribution in [3.8, 4) is 0 Å². The zero-order valence-electron chi connectivity index (χ0n) is 17.1. The third-order valence-electron chi connectivity index (χ3n) is 6.11. The molecule has 0 spiro atoms. The fourth-order valence-electron chi connectivity index (χ4n) is 4.38. The monoisotopic (exact) mass is 393 g/mol. The molecule has 1 fully saturated rings. The molecule has 4 heterocycles. The lowest BCUT2D eigenvalue weighted by atomic mass is 10.2. The summed E-state index contributed by atoms with van der Waals surface area (Å²) in [4.78, 5) is 22.0. The minimum Gasteiger partial charge on any atom is -0.369 e. The Morgan fingerprint density at radius 1 is 1.07 bits per heavy atom. The molecule has 0 radical (unpaired) electrons. The number of hydrogen-bond acceptors (Lipinski definition) is 6. The van der Waals surface area contributed by atoms with Crippen molar-refractivity contribution in [1.29, 1.82) is 0 Å². The highest BCUT2D eigenvalue weighted by molar-refractivity contribution is 5.81. The molecule has 1 saturated heterocycles. The van der Waals surface area contributed by atoms with E-state index < -0.39 is 0 Å². The summed E-state index contributed by atoms with van der Waals surface area (Å²) in [5.74, 6) is 2.24. The van der Waals surface area contributed by atoms with Crippen molar-refractivity contribution >= 4 is 16.6 Å². The summed E-state index contributed by atoms with van der Waals surface area (Å²) < 4.78 is 3.97. The van der Waals surface area contributed by atoms with Crippen molar-refractivity contribution in [3.05, 3.63) is 46.5 Å². The van der Waals surface area contributed by atoms with E-state index in [1.54, 1.807) is 10.9 Å². The first kappa shape index (κ1) is 18.3. The van der Waals surface area contributed by atoms with Crippen LogP contribution in [0.4, 0.5) is 5.69 Å². The van der Waals surface area contributed by atoms with Crippen LogP contribution in [0.25, 0.3) is 10.9 Å². The Hall–Kier alpha value is -2.74. The molecular weight excluding hydrogens is 366 g/mol. The normalized spacial score (nSPS) is 17.4. The smallest absolute Gasteiger partial charge is 0.261 e. The van der Waals surface area contributed by atoms with Crippen molar-refractivity contribution < 1.29 is 0 Å². The lowest BCUT2D eigenvalue weighted by Crippen LogP contribution is -2.46. The average Bonchev–Trinajstić information content (AvgIpc) is 3.33. The van der Waals surface area contributed by atoms with Gasteiger partial charge >= 0.3 is 0 Å². The van der Waals surface area contributed by atoms with Crippen LogP contribution in [-0.4, -0.2) is 55.4 Å². The Balaban J connectivity index is 1.28. The molecule has 8 nitrogen and oxygen atoms in total. The Morgan fingerprint density at radius 2 is 1.90 bits per heavy atom. The van der Waals surface area contributed by atoms with Crippen molar-refractivity contribution in [2.75, 3.05) is 31.1 Å². The van der Waals surface area contributed by atoms with Gasteiger partial charge in [-0.3, -0.25) is 14.3 Å². The summed E-state index contributed by atoms with van der Waals surface area (Å²) in [7, 11) is 0. The molecule has 0 atom stereocenters. The molecule has 2 aliphatic rings. The van der Waals surface area contributed by atoms with E-state index in [4.69, 9.17) is 0 Å². The minimum atomic E-state index is 0.0298. The van der Waals surface area contributed by atoms with Gasteiger partial charge in [0.25, 0.3) is 5.56 Å². The van der Waals surface area contributed by atoms with Crippen LogP contribution in [0.2, 0.25) is 0 Å². The maximum atomic E-state index is 12.6. The van der Waals surface area contributed by atoms with Gasteiger partial charge in [-0.25, -0.2) is 4.98 Å². The summed E-state index contributed by atoms with van der Waals surface area (Å²) in [6.07, 6.45) is 3.90. The van der Waals surface area contributed by atoms with Crippen molar-refractivity contribution in [3.63, 3.8) is 0 Å². The Bertz CT molecular complexity index is 1090. The summed E-state index contributed by atoms with van der Waals surface area (Å²) in [5, 5.41) is 9.39. The van der Waals surface area contributed by atoms with Gasteiger partial charge in [-0.05, 0) is 38.5 Å². The summed E-state index contributed by atoms with van der Waals surface area (Å²) in [6, 6.07) is 6.13. The summed E-state index contributed by atoms with van der Waals surface area (Å²) in [6.45, 7) is 9.80. The third-order valence-corrected chi connectivity index (χ3v) is 6.11. The zero-order chi connectivity index (χ0) is 20.0. The highest BCUT2D eigenvalue weighted by Crippen LogP contribution is 2.22. The fraction of sp³-hybridized carbons (Fsp3) is 0.524. The van der Waals surface area contributed by atoms with E-state index in [-0.39, 0.29) is 11.6 Å². The van der Waals surface area contributed by atoms with Crippen LogP contribution in [0.5, 0.6) is 0 Å². The van der Waals surface area contributed by atoms with E-state index >= 15 is 0 Å². The standard InChI is InChI=1S/C21H27N7O/c1-15(2)28-14-22-18-12-16(5-6-17(18)21(28)29)26-10-8-25(9-11-26)13-20-24-23-19-4-3-7-27(19)20/h5-6,12,14-15H,3-4,7-11,13H2,1-2H3. The van der Waals surface area contributed by atoms with Gasteiger partial charge in [0.2, 0.25) is 0 Å². The van der Waals surface area contributed by atoms with Crippen LogP contribution < -0.4 is 10.5 Å². The molecular formula is C21H27N7O. The number of nitrogens with zero attached hydrogens (tertiary/aromatic N) is 7. The Morgan fingerprint density at radius 3 is 2.69 bits per heavy atom. The number of fused-ring (bicyclic) bond motifs is 2. The number of anilines is 1. The molecule has 0 bridgehead atoms. The van der Waals surface area contributed by atoms with E-state index in [1.807, 2.05) is 26.0 Å². The topological polar surface area (TPSA) is 72.1 Å².